The number of rotatable bonds is 7. The van der Waals surface area contributed by atoms with Crippen molar-refractivity contribution in [1.82, 2.24) is 14.8 Å². The molecule has 1 aromatic heterocycles. The number of anilines is 2. The molecule has 1 saturated carbocycles. The number of carbonyl (C=O) groups excluding carboxylic acids is 1. The average molecular weight is 451 g/mol. The number of sulfonamides is 1. The Bertz CT molecular complexity index is 1010. The molecule has 2 heterocycles. The highest BCUT2D eigenvalue weighted by atomic mass is 32.2. The Morgan fingerprint density at radius 2 is 1.83 bits per heavy atom. The third-order valence-electron chi connectivity index (χ3n) is 5.30. The van der Waals surface area contributed by atoms with Gasteiger partial charge in [-0.1, -0.05) is 11.8 Å². The van der Waals surface area contributed by atoms with Crippen LogP contribution in [0.1, 0.15) is 45.1 Å². The maximum absolute atomic E-state index is 12.7. The summed E-state index contributed by atoms with van der Waals surface area (Å²) in [5.74, 6) is 0.735. The summed E-state index contributed by atoms with van der Waals surface area (Å²) in [6.07, 6.45) is 5.82. The maximum Gasteiger partial charge on any atom is 0.238 e. The minimum Gasteiger partial charge on any atom is -0.341 e. The van der Waals surface area contributed by atoms with E-state index >= 15 is 0 Å². The van der Waals surface area contributed by atoms with Crippen LogP contribution in [0.2, 0.25) is 0 Å². The van der Waals surface area contributed by atoms with Crippen LogP contribution >= 0.6 is 11.8 Å². The molecule has 2 fully saturated rings. The van der Waals surface area contributed by atoms with Gasteiger partial charge in [0, 0.05) is 24.8 Å². The number of hydrogen-bond acceptors (Lipinski definition) is 7. The van der Waals surface area contributed by atoms with E-state index in [9.17, 15) is 13.2 Å². The summed E-state index contributed by atoms with van der Waals surface area (Å²) in [6.45, 7) is 3.82. The molecule has 1 aliphatic carbocycles. The van der Waals surface area contributed by atoms with Gasteiger partial charge in [0.15, 0.2) is 5.16 Å². The Morgan fingerprint density at radius 1 is 1.17 bits per heavy atom. The lowest BCUT2D eigenvalue weighted by Crippen LogP contribution is -2.32. The normalized spacial score (nSPS) is 18.3. The van der Waals surface area contributed by atoms with E-state index in [-0.39, 0.29) is 16.1 Å². The first-order chi connectivity index (χ1) is 14.3. The van der Waals surface area contributed by atoms with Crippen molar-refractivity contribution in [2.75, 3.05) is 23.3 Å². The average Bonchev–Trinajstić information content (AvgIpc) is 3.48. The first-order valence-electron chi connectivity index (χ1n) is 10.1. The lowest BCUT2D eigenvalue weighted by Gasteiger charge is -2.28. The van der Waals surface area contributed by atoms with Crippen LogP contribution < -0.4 is 15.4 Å². The lowest BCUT2D eigenvalue weighted by atomic mass is 10.1. The SMILES string of the molecule is CC(Sc1nnc(N2CCCCC2)n1C1CC1)C(=O)Nc1ccc(S(N)(=O)=O)cc1. The van der Waals surface area contributed by atoms with Gasteiger partial charge in [-0.15, -0.1) is 10.2 Å². The lowest BCUT2D eigenvalue weighted by molar-refractivity contribution is -0.115. The van der Waals surface area contributed by atoms with Crippen molar-refractivity contribution in [3.63, 3.8) is 0 Å². The molecule has 2 aliphatic rings. The van der Waals surface area contributed by atoms with Crippen molar-refractivity contribution in [3.8, 4) is 0 Å². The predicted octanol–water partition coefficient (Wildman–Crippen LogP) is 2.37. The van der Waals surface area contributed by atoms with Crippen LogP contribution in [-0.2, 0) is 14.8 Å². The maximum atomic E-state index is 12.7. The van der Waals surface area contributed by atoms with Crippen LogP contribution in [-0.4, -0.2) is 47.4 Å². The van der Waals surface area contributed by atoms with Crippen molar-refractivity contribution in [2.45, 2.75) is 60.4 Å². The van der Waals surface area contributed by atoms with E-state index < -0.39 is 10.0 Å². The Labute approximate surface area is 180 Å². The first kappa shape index (κ1) is 21.1. The van der Waals surface area contributed by atoms with E-state index in [4.69, 9.17) is 5.14 Å². The Morgan fingerprint density at radius 3 is 2.43 bits per heavy atom. The largest absolute Gasteiger partial charge is 0.341 e. The van der Waals surface area contributed by atoms with Crippen LogP contribution in [0.4, 0.5) is 11.6 Å². The van der Waals surface area contributed by atoms with Crippen LogP contribution in [0.15, 0.2) is 34.3 Å². The van der Waals surface area contributed by atoms with Gasteiger partial charge in [-0.05, 0) is 63.3 Å². The zero-order valence-corrected chi connectivity index (χ0v) is 18.5. The zero-order valence-electron chi connectivity index (χ0n) is 16.8. The van der Waals surface area contributed by atoms with Gasteiger partial charge in [0.25, 0.3) is 0 Å². The minimum atomic E-state index is -3.76. The van der Waals surface area contributed by atoms with E-state index in [1.54, 1.807) is 0 Å². The summed E-state index contributed by atoms with van der Waals surface area (Å²) in [5, 5.41) is 17.1. The second-order valence-electron chi connectivity index (χ2n) is 7.75. The molecule has 11 heteroatoms. The van der Waals surface area contributed by atoms with Crippen LogP contribution in [0.5, 0.6) is 0 Å². The van der Waals surface area contributed by atoms with Gasteiger partial charge < -0.3 is 10.2 Å². The van der Waals surface area contributed by atoms with Gasteiger partial charge in [-0.2, -0.15) is 0 Å². The molecule has 3 N–H and O–H groups in total. The number of piperidine rings is 1. The molecular formula is C19H26N6O3S2. The molecule has 1 saturated heterocycles. The van der Waals surface area contributed by atoms with E-state index in [1.165, 1.54) is 55.3 Å². The number of hydrogen-bond donors (Lipinski definition) is 2. The Hall–Kier alpha value is -2.11. The number of benzene rings is 1. The number of carbonyl (C=O) groups is 1. The number of nitrogens with two attached hydrogens (primary N) is 1. The van der Waals surface area contributed by atoms with E-state index in [2.05, 4.69) is 25.0 Å². The van der Waals surface area contributed by atoms with E-state index in [0.717, 1.165) is 37.0 Å². The number of nitrogens with zero attached hydrogens (tertiary/aromatic N) is 4. The molecule has 1 amide bonds. The van der Waals surface area contributed by atoms with Gasteiger partial charge in [0.05, 0.1) is 10.1 Å². The second-order valence-corrected chi connectivity index (χ2v) is 10.6. The highest BCUT2D eigenvalue weighted by Gasteiger charge is 2.33. The molecule has 2 aromatic rings. The summed E-state index contributed by atoms with van der Waals surface area (Å²) < 4.78 is 24.9. The highest BCUT2D eigenvalue weighted by molar-refractivity contribution is 8.00. The third kappa shape index (κ3) is 4.79. The van der Waals surface area contributed by atoms with Crippen LogP contribution in [0, 0.1) is 0 Å². The molecule has 0 radical (unpaired) electrons. The fourth-order valence-electron chi connectivity index (χ4n) is 3.49. The molecule has 1 atom stereocenters. The number of primary sulfonamides is 1. The molecule has 1 aromatic carbocycles. The molecule has 0 bridgehead atoms. The van der Waals surface area contributed by atoms with Crippen LogP contribution in [0.25, 0.3) is 0 Å². The predicted molar refractivity (Wildman–Crippen MR) is 116 cm³/mol. The van der Waals surface area contributed by atoms with Gasteiger partial charge in [0.1, 0.15) is 0 Å². The van der Waals surface area contributed by atoms with E-state index in [1.807, 2.05) is 6.92 Å². The quantitative estimate of drug-likeness (QED) is 0.621. The number of aromatic nitrogens is 3. The van der Waals surface area contributed by atoms with Gasteiger partial charge >= 0.3 is 0 Å². The number of amides is 1. The summed E-state index contributed by atoms with van der Waals surface area (Å²) >= 11 is 1.39. The Kier molecular flexibility index (Phi) is 6.03. The number of nitrogens with one attached hydrogen (secondary N) is 1. The summed E-state index contributed by atoms with van der Waals surface area (Å²) in [6, 6.07) is 6.21. The standard InChI is InChI=1S/C19H26N6O3S2/c1-13(17(26)21-14-5-9-16(10-6-14)30(20,27)28)29-19-23-22-18(25(19)15-7-8-15)24-11-3-2-4-12-24/h5-6,9-10,13,15H,2-4,7-8,11-12H2,1H3,(H,21,26)(H2,20,27,28). The fourth-order valence-corrected chi connectivity index (χ4v) is 4.92. The third-order valence-corrected chi connectivity index (χ3v) is 7.29. The minimum absolute atomic E-state index is 0.00528. The van der Waals surface area contributed by atoms with E-state index in [0.29, 0.717) is 11.7 Å². The molecule has 4 rings (SSSR count). The highest BCUT2D eigenvalue weighted by Crippen LogP contribution is 2.42. The van der Waals surface area contributed by atoms with Gasteiger partial charge in [-0.3, -0.25) is 9.36 Å². The second kappa shape index (κ2) is 8.56. The fraction of sp³-hybridized carbons (Fsp3) is 0.526. The summed E-state index contributed by atoms with van der Waals surface area (Å²) in [7, 11) is -3.76. The smallest absolute Gasteiger partial charge is 0.238 e. The molecule has 30 heavy (non-hydrogen) atoms. The van der Waals surface area contributed by atoms with Crippen molar-refractivity contribution >= 4 is 39.3 Å². The summed E-state index contributed by atoms with van der Waals surface area (Å²) in [5.41, 5.74) is 0.512. The van der Waals surface area contributed by atoms with Crippen molar-refractivity contribution < 1.29 is 13.2 Å². The number of thioether (sulfide) groups is 1. The molecule has 1 aliphatic heterocycles. The zero-order chi connectivity index (χ0) is 21.3. The van der Waals surface area contributed by atoms with Crippen molar-refractivity contribution in [2.24, 2.45) is 5.14 Å². The Balaban J connectivity index is 1.44. The van der Waals surface area contributed by atoms with Crippen LogP contribution in [0.3, 0.4) is 0 Å². The molecule has 9 nitrogen and oxygen atoms in total. The monoisotopic (exact) mass is 450 g/mol. The van der Waals surface area contributed by atoms with Crippen molar-refractivity contribution in [3.05, 3.63) is 24.3 Å². The van der Waals surface area contributed by atoms with Gasteiger partial charge in [-0.25, -0.2) is 13.6 Å². The van der Waals surface area contributed by atoms with Gasteiger partial charge in [0.2, 0.25) is 21.9 Å². The molecular weight excluding hydrogens is 424 g/mol. The summed E-state index contributed by atoms with van der Waals surface area (Å²) in [4.78, 5) is 15.0. The topological polar surface area (TPSA) is 123 Å². The van der Waals surface area contributed by atoms with Crippen molar-refractivity contribution in [1.29, 1.82) is 0 Å². The molecule has 162 valence electrons. The molecule has 0 spiro atoms. The molecule has 1 unspecified atom stereocenters. The first-order valence-corrected chi connectivity index (χ1v) is 12.6.